The van der Waals surface area contributed by atoms with Gasteiger partial charge in [0, 0.05) is 48.8 Å². The van der Waals surface area contributed by atoms with E-state index in [2.05, 4.69) is 40.8 Å². The van der Waals surface area contributed by atoms with Gasteiger partial charge in [-0.2, -0.15) is 0 Å². The van der Waals surface area contributed by atoms with Crippen LogP contribution in [0.3, 0.4) is 0 Å². The Hall–Kier alpha value is -2.12. The average molecular weight is 410 g/mol. The summed E-state index contributed by atoms with van der Waals surface area (Å²) < 4.78 is 12.2. The van der Waals surface area contributed by atoms with Crippen molar-refractivity contribution >= 4 is 5.82 Å². The third kappa shape index (κ3) is 4.05. The van der Waals surface area contributed by atoms with Crippen LogP contribution in [0.1, 0.15) is 80.4 Å². The van der Waals surface area contributed by atoms with Gasteiger partial charge in [0.1, 0.15) is 18.2 Å². The molecule has 3 saturated heterocycles. The molecule has 30 heavy (non-hydrogen) atoms. The van der Waals surface area contributed by atoms with E-state index in [0.717, 1.165) is 67.5 Å². The summed E-state index contributed by atoms with van der Waals surface area (Å²) in [7, 11) is 0. The Morgan fingerprint density at radius 2 is 1.83 bits per heavy atom. The summed E-state index contributed by atoms with van der Waals surface area (Å²) in [6, 6.07) is 4.25. The van der Waals surface area contributed by atoms with E-state index >= 15 is 0 Å². The van der Waals surface area contributed by atoms with Crippen LogP contribution in [-0.2, 0) is 9.47 Å². The molecule has 3 aliphatic heterocycles. The molecule has 5 rings (SSSR count). The second kappa shape index (κ2) is 8.19. The van der Waals surface area contributed by atoms with E-state index in [4.69, 9.17) is 19.4 Å². The van der Waals surface area contributed by atoms with Crippen molar-refractivity contribution in [1.29, 1.82) is 0 Å². The van der Waals surface area contributed by atoms with Gasteiger partial charge >= 0.3 is 0 Å². The highest BCUT2D eigenvalue weighted by atomic mass is 16.5. The Balaban J connectivity index is 1.42. The van der Waals surface area contributed by atoms with Gasteiger partial charge in [0.15, 0.2) is 5.82 Å². The molecular weight excluding hydrogens is 378 g/mol. The second-order valence-electron chi connectivity index (χ2n) is 9.19. The molecule has 4 atom stereocenters. The summed E-state index contributed by atoms with van der Waals surface area (Å²) in [5.41, 5.74) is 3.18. The van der Waals surface area contributed by atoms with Crippen LogP contribution < -0.4 is 4.90 Å². The molecule has 3 aliphatic rings. The maximum Gasteiger partial charge on any atom is 0.159 e. The summed E-state index contributed by atoms with van der Waals surface area (Å²) in [5, 5.41) is 0. The maximum atomic E-state index is 6.17. The van der Waals surface area contributed by atoms with Gasteiger partial charge in [0.05, 0.1) is 12.2 Å². The van der Waals surface area contributed by atoms with Crippen LogP contribution in [-0.4, -0.2) is 51.8 Å². The highest BCUT2D eigenvalue weighted by molar-refractivity contribution is 5.42. The van der Waals surface area contributed by atoms with Gasteiger partial charge in [-0.25, -0.2) is 19.9 Å². The number of fused-ring (bicyclic) bond motifs is 2. The zero-order valence-corrected chi connectivity index (χ0v) is 18.1. The summed E-state index contributed by atoms with van der Waals surface area (Å²) in [6.07, 6.45) is 6.36. The fourth-order valence-electron chi connectivity index (χ4n) is 4.82. The zero-order chi connectivity index (χ0) is 20.7. The largest absolute Gasteiger partial charge is 0.371 e. The Morgan fingerprint density at radius 3 is 2.57 bits per heavy atom. The summed E-state index contributed by atoms with van der Waals surface area (Å²) in [5.74, 6) is 2.52. The minimum atomic E-state index is -0.103. The Morgan fingerprint density at radius 1 is 1.03 bits per heavy atom. The van der Waals surface area contributed by atoms with E-state index in [-0.39, 0.29) is 6.10 Å². The number of anilines is 1. The molecule has 0 N–H and O–H groups in total. The highest BCUT2D eigenvalue weighted by Crippen LogP contribution is 2.37. The standard InChI is InChI=1S/C23H31N5O2/c1-14(2)19-10-22(28-11-17-4-5-18(12-28)30-17)27-23(26-19)21-9-16(6-7-29-21)20-8-15(3)24-13-25-20/h8,10,13-14,16-18,21H,4-7,9,11-12H2,1-3H3. The number of hydrogen-bond acceptors (Lipinski definition) is 7. The predicted molar refractivity (Wildman–Crippen MR) is 114 cm³/mol. The van der Waals surface area contributed by atoms with E-state index < -0.39 is 0 Å². The molecule has 160 valence electrons. The first kappa shape index (κ1) is 19.8. The van der Waals surface area contributed by atoms with Crippen LogP contribution in [0.15, 0.2) is 18.5 Å². The molecule has 0 aliphatic carbocycles. The molecule has 0 radical (unpaired) electrons. The van der Waals surface area contributed by atoms with Crippen molar-refractivity contribution in [2.45, 2.75) is 76.6 Å². The van der Waals surface area contributed by atoms with Gasteiger partial charge in [0.25, 0.3) is 0 Å². The van der Waals surface area contributed by atoms with Gasteiger partial charge in [-0.3, -0.25) is 0 Å². The molecule has 0 amide bonds. The van der Waals surface area contributed by atoms with Crippen LogP contribution in [0.4, 0.5) is 5.82 Å². The van der Waals surface area contributed by atoms with Crippen LogP contribution in [0.2, 0.25) is 0 Å². The lowest BCUT2D eigenvalue weighted by Gasteiger charge is -2.34. The van der Waals surface area contributed by atoms with Crippen molar-refractivity contribution in [2.24, 2.45) is 0 Å². The molecule has 2 aromatic rings. The molecule has 5 heterocycles. The fraction of sp³-hybridized carbons (Fsp3) is 0.652. The number of aryl methyl sites for hydroxylation is 1. The molecule has 4 unspecified atom stereocenters. The van der Waals surface area contributed by atoms with Gasteiger partial charge in [-0.1, -0.05) is 13.8 Å². The minimum Gasteiger partial charge on any atom is -0.371 e. The van der Waals surface area contributed by atoms with Crippen molar-refractivity contribution < 1.29 is 9.47 Å². The number of ether oxygens (including phenoxy) is 2. The van der Waals surface area contributed by atoms with Gasteiger partial charge in [-0.05, 0) is 44.6 Å². The normalized spacial score (nSPS) is 28.9. The topological polar surface area (TPSA) is 73.3 Å². The van der Waals surface area contributed by atoms with Crippen LogP contribution in [0, 0.1) is 6.92 Å². The Labute approximate surface area is 178 Å². The lowest BCUT2D eigenvalue weighted by Crippen LogP contribution is -2.43. The van der Waals surface area contributed by atoms with E-state index in [1.807, 2.05) is 6.92 Å². The average Bonchev–Trinajstić information content (AvgIpc) is 3.11. The molecule has 2 aromatic heterocycles. The molecule has 0 saturated carbocycles. The van der Waals surface area contributed by atoms with Crippen molar-refractivity contribution in [3.8, 4) is 0 Å². The monoisotopic (exact) mass is 409 g/mol. The first-order chi connectivity index (χ1) is 14.5. The molecule has 0 aromatic carbocycles. The number of nitrogens with zero attached hydrogens (tertiary/aromatic N) is 5. The number of morpholine rings is 1. The van der Waals surface area contributed by atoms with Crippen molar-refractivity contribution in [2.75, 3.05) is 24.6 Å². The molecule has 0 spiro atoms. The Bertz CT molecular complexity index is 893. The predicted octanol–water partition coefficient (Wildman–Crippen LogP) is 3.70. The molecular formula is C23H31N5O2. The van der Waals surface area contributed by atoms with Crippen molar-refractivity contribution in [3.63, 3.8) is 0 Å². The summed E-state index contributed by atoms with van der Waals surface area (Å²) in [4.78, 5) is 21.1. The maximum absolute atomic E-state index is 6.17. The second-order valence-corrected chi connectivity index (χ2v) is 9.19. The van der Waals surface area contributed by atoms with Crippen LogP contribution >= 0.6 is 0 Å². The lowest BCUT2D eigenvalue weighted by atomic mass is 9.91. The molecule has 7 nitrogen and oxygen atoms in total. The van der Waals surface area contributed by atoms with E-state index in [0.29, 0.717) is 30.7 Å². The zero-order valence-electron chi connectivity index (χ0n) is 18.1. The molecule has 7 heteroatoms. The Kier molecular flexibility index (Phi) is 5.41. The summed E-state index contributed by atoms with van der Waals surface area (Å²) in [6.45, 7) is 8.92. The van der Waals surface area contributed by atoms with Crippen molar-refractivity contribution in [1.82, 2.24) is 19.9 Å². The third-order valence-electron chi connectivity index (χ3n) is 6.52. The highest BCUT2D eigenvalue weighted by Gasteiger charge is 2.35. The third-order valence-corrected chi connectivity index (χ3v) is 6.52. The van der Waals surface area contributed by atoms with Crippen molar-refractivity contribution in [3.05, 3.63) is 41.4 Å². The van der Waals surface area contributed by atoms with Gasteiger partial charge in [0.2, 0.25) is 0 Å². The van der Waals surface area contributed by atoms with Crippen LogP contribution in [0.25, 0.3) is 0 Å². The quantitative estimate of drug-likeness (QED) is 0.762. The van der Waals surface area contributed by atoms with E-state index in [9.17, 15) is 0 Å². The number of rotatable bonds is 4. The number of hydrogen-bond donors (Lipinski definition) is 0. The van der Waals surface area contributed by atoms with Crippen LogP contribution in [0.5, 0.6) is 0 Å². The first-order valence-electron chi connectivity index (χ1n) is 11.2. The molecule has 3 fully saturated rings. The lowest BCUT2D eigenvalue weighted by molar-refractivity contribution is -0.000908. The summed E-state index contributed by atoms with van der Waals surface area (Å²) >= 11 is 0. The smallest absolute Gasteiger partial charge is 0.159 e. The SMILES string of the molecule is Cc1cc(C2CCOC(c3nc(C(C)C)cc(N4CC5CCC(C4)O5)n3)C2)ncn1. The van der Waals surface area contributed by atoms with Gasteiger partial charge < -0.3 is 14.4 Å². The number of aromatic nitrogens is 4. The molecule has 2 bridgehead atoms. The fourth-order valence-corrected chi connectivity index (χ4v) is 4.82. The van der Waals surface area contributed by atoms with E-state index in [1.54, 1.807) is 6.33 Å². The minimum absolute atomic E-state index is 0.103. The van der Waals surface area contributed by atoms with Gasteiger partial charge in [-0.15, -0.1) is 0 Å². The first-order valence-corrected chi connectivity index (χ1v) is 11.2. The van der Waals surface area contributed by atoms with E-state index in [1.165, 1.54) is 0 Å².